The van der Waals surface area contributed by atoms with Crippen molar-refractivity contribution in [1.82, 2.24) is 4.68 Å². The molecule has 0 atom stereocenters. The molecule has 5 nitrogen and oxygen atoms in total. The first-order valence-corrected chi connectivity index (χ1v) is 11.7. The minimum absolute atomic E-state index is 0.417. The van der Waals surface area contributed by atoms with Crippen LogP contribution in [0.15, 0.2) is 33.7 Å². The van der Waals surface area contributed by atoms with Crippen molar-refractivity contribution in [2.75, 3.05) is 14.2 Å². The molecule has 1 heterocycles. The lowest BCUT2D eigenvalue weighted by Gasteiger charge is -2.17. The van der Waals surface area contributed by atoms with E-state index in [1.165, 1.54) is 57.1 Å². The number of hydrogen-bond donors (Lipinski definition) is 0. The summed E-state index contributed by atoms with van der Waals surface area (Å²) in [6.45, 7) is 0. The largest absolute Gasteiger partial charge is 0.497 e. The van der Waals surface area contributed by atoms with Crippen LogP contribution in [-0.2, 0) is 0 Å². The summed E-state index contributed by atoms with van der Waals surface area (Å²) in [5.74, 6) is 1.64. The summed E-state index contributed by atoms with van der Waals surface area (Å²) in [4.78, 5) is 6.13. The van der Waals surface area contributed by atoms with Gasteiger partial charge in [-0.3, -0.25) is 4.99 Å². The van der Waals surface area contributed by atoms with Crippen LogP contribution < -0.4 is 14.3 Å². The van der Waals surface area contributed by atoms with E-state index in [9.17, 15) is 0 Å². The van der Waals surface area contributed by atoms with E-state index in [0.29, 0.717) is 6.04 Å². The van der Waals surface area contributed by atoms with E-state index in [1.807, 2.05) is 18.2 Å². The molecular weight excluding hydrogens is 382 g/mol. The Labute approximate surface area is 177 Å². The quantitative estimate of drug-likeness (QED) is 0.637. The average Bonchev–Trinajstić information content (AvgIpc) is 3.16. The molecule has 0 amide bonds. The van der Waals surface area contributed by atoms with Gasteiger partial charge < -0.3 is 9.47 Å². The van der Waals surface area contributed by atoms with E-state index in [4.69, 9.17) is 19.6 Å². The normalized spacial score (nSPS) is 18.7. The number of nitrogens with zero attached hydrogens (tertiary/aromatic N) is 3. The van der Waals surface area contributed by atoms with Crippen molar-refractivity contribution < 1.29 is 9.47 Å². The molecule has 2 saturated carbocycles. The van der Waals surface area contributed by atoms with Gasteiger partial charge in [-0.25, -0.2) is 4.68 Å². The third kappa shape index (κ3) is 4.74. The molecule has 0 spiro atoms. The van der Waals surface area contributed by atoms with Gasteiger partial charge >= 0.3 is 0 Å². The third-order valence-corrected chi connectivity index (χ3v) is 6.74. The summed E-state index contributed by atoms with van der Waals surface area (Å²) >= 11 is 1.68. The van der Waals surface area contributed by atoms with E-state index in [2.05, 4.69) is 10.1 Å². The highest BCUT2D eigenvalue weighted by molar-refractivity contribution is 7.07. The van der Waals surface area contributed by atoms with Gasteiger partial charge in [0, 0.05) is 16.7 Å². The number of benzene rings is 1. The molecule has 2 fully saturated rings. The highest BCUT2D eigenvalue weighted by Crippen LogP contribution is 2.34. The van der Waals surface area contributed by atoms with Crippen molar-refractivity contribution in [2.45, 2.75) is 70.3 Å². The third-order valence-electron chi connectivity index (χ3n) is 5.91. The van der Waals surface area contributed by atoms with Crippen LogP contribution in [0.2, 0.25) is 0 Å². The number of ether oxygens (including phenoxy) is 2. The Balaban J connectivity index is 1.83. The summed E-state index contributed by atoms with van der Waals surface area (Å²) in [7, 11) is 3.40. The van der Waals surface area contributed by atoms with Crippen molar-refractivity contribution in [3.63, 3.8) is 0 Å². The Morgan fingerprint density at radius 1 is 0.966 bits per heavy atom. The van der Waals surface area contributed by atoms with Gasteiger partial charge in [0.05, 0.1) is 26.0 Å². The van der Waals surface area contributed by atoms with Crippen LogP contribution in [0.25, 0.3) is 11.3 Å². The molecule has 2 aliphatic rings. The maximum absolute atomic E-state index is 5.66. The Morgan fingerprint density at radius 2 is 1.72 bits per heavy atom. The highest BCUT2D eigenvalue weighted by atomic mass is 32.1. The SMILES string of the molecule is COc1ccc(OC)c(-c2csc(=NC3CCCCC3)n2N=C2CCCCC2)c1. The van der Waals surface area contributed by atoms with Crippen LogP contribution in [0.4, 0.5) is 0 Å². The first-order valence-electron chi connectivity index (χ1n) is 10.8. The number of thiazole rings is 1. The van der Waals surface area contributed by atoms with Gasteiger partial charge in [0.15, 0.2) is 0 Å². The number of methoxy groups -OCH3 is 2. The second kappa shape index (κ2) is 9.61. The van der Waals surface area contributed by atoms with Gasteiger partial charge in [-0.2, -0.15) is 5.10 Å². The van der Waals surface area contributed by atoms with Crippen LogP contribution in [0.3, 0.4) is 0 Å². The van der Waals surface area contributed by atoms with E-state index >= 15 is 0 Å². The Morgan fingerprint density at radius 3 is 2.45 bits per heavy atom. The zero-order chi connectivity index (χ0) is 20.1. The molecule has 156 valence electrons. The van der Waals surface area contributed by atoms with Crippen molar-refractivity contribution in [3.05, 3.63) is 28.4 Å². The average molecular weight is 414 g/mol. The minimum Gasteiger partial charge on any atom is -0.497 e. The summed E-state index contributed by atoms with van der Waals surface area (Å²) in [6, 6.07) is 6.34. The second-order valence-corrected chi connectivity index (χ2v) is 8.77. The number of rotatable bonds is 5. The number of aromatic nitrogens is 1. The van der Waals surface area contributed by atoms with Crippen molar-refractivity contribution in [2.24, 2.45) is 10.1 Å². The molecule has 4 rings (SSSR count). The lowest BCUT2D eigenvalue weighted by atomic mass is 9.96. The van der Waals surface area contributed by atoms with Crippen molar-refractivity contribution in [1.29, 1.82) is 0 Å². The zero-order valence-corrected chi connectivity index (χ0v) is 18.3. The van der Waals surface area contributed by atoms with Gasteiger partial charge in [0.2, 0.25) is 4.80 Å². The van der Waals surface area contributed by atoms with Crippen LogP contribution in [0, 0.1) is 0 Å². The van der Waals surface area contributed by atoms with Crippen LogP contribution >= 0.6 is 11.3 Å². The van der Waals surface area contributed by atoms with Gasteiger partial charge in [0.25, 0.3) is 0 Å². The minimum atomic E-state index is 0.417. The molecule has 0 aliphatic heterocycles. The Kier molecular flexibility index (Phi) is 6.70. The summed E-state index contributed by atoms with van der Waals surface area (Å²) in [5, 5.41) is 7.26. The van der Waals surface area contributed by atoms with Gasteiger partial charge in [-0.1, -0.05) is 25.7 Å². The summed E-state index contributed by atoms with van der Waals surface area (Å²) < 4.78 is 13.2. The Hall–Kier alpha value is -2.08. The first kappa shape index (κ1) is 20.2. The van der Waals surface area contributed by atoms with E-state index in [0.717, 1.165) is 40.4 Å². The predicted molar refractivity (Wildman–Crippen MR) is 119 cm³/mol. The van der Waals surface area contributed by atoms with Crippen molar-refractivity contribution in [3.8, 4) is 22.8 Å². The molecule has 0 saturated heterocycles. The molecular formula is C23H31N3O2S. The standard InChI is InChI=1S/C23H31N3O2S/c1-27-19-13-14-22(28-2)20(15-19)21-16-29-23(24-17-9-5-3-6-10-17)26(21)25-18-11-7-4-8-12-18/h13-17H,3-12H2,1-2H3. The fraction of sp³-hybridized carbons (Fsp3) is 0.565. The zero-order valence-electron chi connectivity index (χ0n) is 17.5. The predicted octanol–water partition coefficient (Wildman–Crippen LogP) is 5.64. The molecule has 2 aliphatic carbocycles. The van der Waals surface area contributed by atoms with Gasteiger partial charge in [-0.05, 0) is 56.7 Å². The second-order valence-electron chi connectivity index (χ2n) is 7.93. The van der Waals surface area contributed by atoms with E-state index < -0.39 is 0 Å². The van der Waals surface area contributed by atoms with Crippen LogP contribution in [0.5, 0.6) is 11.5 Å². The molecule has 6 heteroatoms. The Bertz CT molecular complexity index is 914. The maximum Gasteiger partial charge on any atom is 0.206 e. The van der Waals surface area contributed by atoms with E-state index in [-0.39, 0.29) is 0 Å². The molecule has 0 N–H and O–H groups in total. The first-order chi connectivity index (χ1) is 14.3. The monoisotopic (exact) mass is 413 g/mol. The fourth-order valence-corrected chi connectivity index (χ4v) is 5.15. The molecule has 0 unspecified atom stereocenters. The summed E-state index contributed by atoms with van der Waals surface area (Å²) in [6.07, 6.45) is 12.2. The molecule has 0 radical (unpaired) electrons. The summed E-state index contributed by atoms with van der Waals surface area (Å²) in [5.41, 5.74) is 3.30. The van der Waals surface area contributed by atoms with Crippen LogP contribution in [0.1, 0.15) is 64.2 Å². The lowest BCUT2D eigenvalue weighted by molar-refractivity contribution is 0.404. The topological polar surface area (TPSA) is 48.1 Å². The molecule has 1 aromatic heterocycles. The lowest BCUT2D eigenvalue weighted by Crippen LogP contribution is -2.20. The fourth-order valence-electron chi connectivity index (χ4n) is 4.25. The highest BCUT2D eigenvalue weighted by Gasteiger charge is 2.18. The van der Waals surface area contributed by atoms with Crippen molar-refractivity contribution >= 4 is 17.0 Å². The maximum atomic E-state index is 5.66. The van der Waals surface area contributed by atoms with Gasteiger partial charge in [-0.15, -0.1) is 11.3 Å². The molecule has 29 heavy (non-hydrogen) atoms. The van der Waals surface area contributed by atoms with E-state index in [1.54, 1.807) is 25.6 Å². The molecule has 2 aromatic rings. The molecule has 1 aromatic carbocycles. The molecule has 0 bridgehead atoms. The van der Waals surface area contributed by atoms with Gasteiger partial charge in [0.1, 0.15) is 11.5 Å². The number of hydrogen-bond acceptors (Lipinski definition) is 5. The smallest absolute Gasteiger partial charge is 0.206 e. The van der Waals surface area contributed by atoms with Crippen LogP contribution in [-0.4, -0.2) is 30.6 Å².